The number of aliphatic hydroxyl groups is 1. The Morgan fingerprint density at radius 3 is 2.86 bits per heavy atom. The van der Waals surface area contributed by atoms with Gasteiger partial charge in [-0.3, -0.25) is 0 Å². The first-order chi connectivity index (χ1) is 10.2. The molecule has 0 heterocycles. The van der Waals surface area contributed by atoms with Crippen LogP contribution in [0.3, 0.4) is 0 Å². The molecule has 0 amide bonds. The van der Waals surface area contributed by atoms with Crippen molar-refractivity contribution in [2.75, 3.05) is 40.1 Å². The Balaban J connectivity index is 2.51. The molecule has 0 aromatic heterocycles. The third-order valence-electron chi connectivity index (χ3n) is 2.77. The van der Waals surface area contributed by atoms with Crippen molar-refractivity contribution >= 4 is 11.6 Å². The van der Waals surface area contributed by atoms with Gasteiger partial charge in [-0.2, -0.15) is 0 Å². The van der Waals surface area contributed by atoms with E-state index < -0.39 is 6.10 Å². The Morgan fingerprint density at radius 1 is 1.33 bits per heavy atom. The molecule has 1 aromatic carbocycles. The van der Waals surface area contributed by atoms with Gasteiger partial charge in [-0.1, -0.05) is 11.6 Å². The fourth-order valence-electron chi connectivity index (χ4n) is 1.71. The lowest BCUT2D eigenvalue weighted by Gasteiger charge is -2.15. The quantitative estimate of drug-likeness (QED) is 0.610. The van der Waals surface area contributed by atoms with Crippen LogP contribution in [0.5, 0.6) is 5.75 Å². The maximum absolute atomic E-state index is 9.72. The molecule has 0 aliphatic carbocycles. The van der Waals surface area contributed by atoms with Crippen LogP contribution in [0.2, 0.25) is 5.02 Å². The third-order valence-corrected chi connectivity index (χ3v) is 3.00. The molecule has 0 aliphatic rings. The van der Waals surface area contributed by atoms with Crippen molar-refractivity contribution in [1.82, 2.24) is 5.32 Å². The summed E-state index contributed by atoms with van der Waals surface area (Å²) in [6.07, 6.45) is -0.644. The number of methoxy groups -OCH3 is 1. The second kappa shape index (κ2) is 10.8. The van der Waals surface area contributed by atoms with E-state index in [1.54, 1.807) is 13.2 Å². The van der Waals surface area contributed by atoms with Gasteiger partial charge in [0, 0.05) is 37.4 Å². The van der Waals surface area contributed by atoms with E-state index in [0.717, 1.165) is 12.1 Å². The van der Waals surface area contributed by atoms with E-state index in [9.17, 15) is 5.11 Å². The Bertz CT molecular complexity index is 403. The first kappa shape index (κ1) is 18.2. The highest BCUT2D eigenvalue weighted by Crippen LogP contribution is 2.23. The van der Waals surface area contributed by atoms with Crippen molar-refractivity contribution in [1.29, 1.82) is 0 Å². The molecule has 1 unspecified atom stereocenters. The minimum atomic E-state index is -0.644. The zero-order chi connectivity index (χ0) is 15.5. The minimum Gasteiger partial charge on any atom is -0.490 e. The summed E-state index contributed by atoms with van der Waals surface area (Å²) in [6.45, 7) is 4.93. The highest BCUT2D eigenvalue weighted by Gasteiger charge is 2.09. The number of aliphatic hydroxyl groups excluding tert-OH is 1. The molecular formula is C15H24ClNO4. The highest BCUT2D eigenvalue weighted by molar-refractivity contribution is 6.30. The molecule has 1 aromatic rings. The Kier molecular flexibility index (Phi) is 9.37. The average molecular weight is 318 g/mol. The van der Waals surface area contributed by atoms with Crippen LogP contribution in [-0.2, 0) is 16.0 Å². The Labute approximate surface area is 131 Å². The van der Waals surface area contributed by atoms with Crippen molar-refractivity contribution in [2.24, 2.45) is 0 Å². The van der Waals surface area contributed by atoms with E-state index in [-0.39, 0.29) is 13.2 Å². The second-order valence-corrected chi connectivity index (χ2v) is 4.98. The fraction of sp³-hybridized carbons (Fsp3) is 0.600. The molecule has 0 radical (unpaired) electrons. The molecule has 1 rings (SSSR count). The lowest BCUT2D eigenvalue weighted by atomic mass is 10.2. The summed E-state index contributed by atoms with van der Waals surface area (Å²) in [6, 6.07) is 5.43. The summed E-state index contributed by atoms with van der Waals surface area (Å²) in [4.78, 5) is 0. The normalized spacial score (nSPS) is 12.4. The Hall–Kier alpha value is -0.850. The first-order valence-electron chi connectivity index (χ1n) is 7.04. The van der Waals surface area contributed by atoms with Crippen LogP contribution < -0.4 is 10.1 Å². The number of nitrogens with one attached hydrogen (secondary N) is 1. The second-order valence-electron chi connectivity index (χ2n) is 4.55. The maximum Gasteiger partial charge on any atom is 0.124 e. The number of hydrogen-bond donors (Lipinski definition) is 2. The summed E-state index contributed by atoms with van der Waals surface area (Å²) in [7, 11) is 1.66. The van der Waals surface area contributed by atoms with Crippen molar-refractivity contribution in [2.45, 2.75) is 19.6 Å². The molecule has 0 saturated carbocycles. The van der Waals surface area contributed by atoms with E-state index in [0.29, 0.717) is 30.5 Å². The van der Waals surface area contributed by atoms with E-state index in [1.165, 1.54) is 0 Å². The SMILES string of the molecule is CCOCC(O)COc1ccc(Cl)cc1CNCCOC. The predicted molar refractivity (Wildman–Crippen MR) is 83.0 cm³/mol. The molecule has 1 atom stereocenters. The van der Waals surface area contributed by atoms with Crippen LogP contribution >= 0.6 is 11.6 Å². The number of ether oxygens (including phenoxy) is 3. The van der Waals surface area contributed by atoms with Gasteiger partial charge in [0.05, 0.1) is 13.2 Å². The number of benzene rings is 1. The summed E-state index contributed by atoms with van der Waals surface area (Å²) in [5.74, 6) is 0.708. The summed E-state index contributed by atoms with van der Waals surface area (Å²) in [5, 5.41) is 13.6. The molecule has 2 N–H and O–H groups in total. The zero-order valence-electron chi connectivity index (χ0n) is 12.6. The molecule has 5 nitrogen and oxygen atoms in total. The van der Waals surface area contributed by atoms with E-state index >= 15 is 0 Å². The van der Waals surface area contributed by atoms with Crippen molar-refractivity contribution in [3.63, 3.8) is 0 Å². The van der Waals surface area contributed by atoms with Gasteiger partial charge in [0.2, 0.25) is 0 Å². The lowest BCUT2D eigenvalue weighted by molar-refractivity contribution is 0.0162. The predicted octanol–water partition coefficient (Wildman–Crippen LogP) is 1.85. The highest BCUT2D eigenvalue weighted by atomic mass is 35.5. The first-order valence-corrected chi connectivity index (χ1v) is 7.41. The third kappa shape index (κ3) is 7.64. The van der Waals surface area contributed by atoms with Gasteiger partial charge in [0.15, 0.2) is 0 Å². The van der Waals surface area contributed by atoms with Crippen LogP contribution in [-0.4, -0.2) is 51.3 Å². The molecule has 0 spiro atoms. The van der Waals surface area contributed by atoms with Crippen LogP contribution in [0, 0.1) is 0 Å². The average Bonchev–Trinajstić information content (AvgIpc) is 2.48. The maximum atomic E-state index is 9.72. The topological polar surface area (TPSA) is 60.0 Å². The van der Waals surface area contributed by atoms with Crippen LogP contribution in [0.15, 0.2) is 18.2 Å². The smallest absolute Gasteiger partial charge is 0.124 e. The van der Waals surface area contributed by atoms with E-state index in [4.69, 9.17) is 25.8 Å². The van der Waals surface area contributed by atoms with Gasteiger partial charge in [0.1, 0.15) is 18.5 Å². The molecule has 0 fully saturated rings. The largest absolute Gasteiger partial charge is 0.490 e. The van der Waals surface area contributed by atoms with Crippen molar-refractivity contribution in [3.05, 3.63) is 28.8 Å². The van der Waals surface area contributed by atoms with Gasteiger partial charge in [-0.15, -0.1) is 0 Å². The standard InChI is InChI=1S/C15H24ClNO4/c1-3-20-10-14(18)11-21-15-5-4-13(16)8-12(15)9-17-6-7-19-2/h4-5,8,14,17-18H,3,6-7,9-11H2,1-2H3. The van der Waals surface area contributed by atoms with Gasteiger partial charge < -0.3 is 24.6 Å². The van der Waals surface area contributed by atoms with Crippen molar-refractivity contribution in [3.8, 4) is 5.75 Å². The molecule has 0 saturated heterocycles. The molecule has 21 heavy (non-hydrogen) atoms. The van der Waals surface area contributed by atoms with Gasteiger partial charge in [-0.25, -0.2) is 0 Å². The van der Waals surface area contributed by atoms with E-state index in [1.807, 2.05) is 19.1 Å². The summed E-state index contributed by atoms with van der Waals surface area (Å²) >= 11 is 6.01. The lowest BCUT2D eigenvalue weighted by Crippen LogP contribution is -2.24. The summed E-state index contributed by atoms with van der Waals surface area (Å²) < 4.78 is 15.8. The minimum absolute atomic E-state index is 0.187. The van der Waals surface area contributed by atoms with Gasteiger partial charge >= 0.3 is 0 Å². The number of halogens is 1. The molecule has 120 valence electrons. The van der Waals surface area contributed by atoms with E-state index in [2.05, 4.69) is 5.32 Å². The molecular weight excluding hydrogens is 294 g/mol. The van der Waals surface area contributed by atoms with Crippen LogP contribution in [0.4, 0.5) is 0 Å². The number of rotatable bonds is 11. The molecule has 0 bridgehead atoms. The van der Waals surface area contributed by atoms with Gasteiger partial charge in [-0.05, 0) is 25.1 Å². The number of hydrogen-bond acceptors (Lipinski definition) is 5. The zero-order valence-corrected chi connectivity index (χ0v) is 13.4. The van der Waals surface area contributed by atoms with Crippen molar-refractivity contribution < 1.29 is 19.3 Å². The molecule has 6 heteroatoms. The van der Waals surface area contributed by atoms with Crippen LogP contribution in [0.25, 0.3) is 0 Å². The summed E-state index contributed by atoms with van der Waals surface area (Å²) in [5.41, 5.74) is 0.946. The van der Waals surface area contributed by atoms with Crippen LogP contribution in [0.1, 0.15) is 12.5 Å². The molecule has 0 aliphatic heterocycles. The van der Waals surface area contributed by atoms with Gasteiger partial charge in [0.25, 0.3) is 0 Å². The Morgan fingerprint density at radius 2 is 2.14 bits per heavy atom. The fourth-order valence-corrected chi connectivity index (χ4v) is 1.91. The monoisotopic (exact) mass is 317 g/mol.